The number of hydrogen-bond acceptors (Lipinski definition) is 4. The van der Waals surface area contributed by atoms with E-state index in [1.807, 2.05) is 30.3 Å². The van der Waals surface area contributed by atoms with Crippen molar-refractivity contribution in [2.75, 3.05) is 0 Å². The van der Waals surface area contributed by atoms with Gasteiger partial charge in [0, 0.05) is 10.4 Å². The molecule has 0 bridgehead atoms. The molecule has 0 aliphatic heterocycles. The Morgan fingerprint density at radius 1 is 1.26 bits per heavy atom. The maximum absolute atomic E-state index is 8.88. The van der Waals surface area contributed by atoms with E-state index >= 15 is 0 Å². The molecule has 3 nitrogen and oxygen atoms in total. The van der Waals surface area contributed by atoms with Gasteiger partial charge in [0.05, 0.1) is 10.0 Å². The second-order valence-corrected chi connectivity index (χ2v) is 6.16. The summed E-state index contributed by atoms with van der Waals surface area (Å²) >= 11 is 7.40. The summed E-state index contributed by atoms with van der Waals surface area (Å²) in [5.41, 5.74) is 2.95. The van der Waals surface area contributed by atoms with Crippen molar-refractivity contribution < 1.29 is 9.94 Å². The molecule has 1 heterocycles. The lowest BCUT2D eigenvalue weighted by Crippen LogP contribution is -1.96. The van der Waals surface area contributed by atoms with Gasteiger partial charge in [0.1, 0.15) is 12.4 Å². The zero-order valence-corrected chi connectivity index (χ0v) is 11.7. The van der Waals surface area contributed by atoms with Crippen LogP contribution in [0.1, 0.15) is 22.4 Å². The topological polar surface area (TPSA) is 41.8 Å². The Labute approximate surface area is 120 Å². The van der Waals surface area contributed by atoms with Crippen LogP contribution in [-0.2, 0) is 13.0 Å². The van der Waals surface area contributed by atoms with Crippen LogP contribution in [-0.4, -0.2) is 10.9 Å². The van der Waals surface area contributed by atoms with Crippen molar-refractivity contribution in [3.05, 3.63) is 50.7 Å². The molecular weight excluding hydrogens is 282 g/mol. The smallest absolute Gasteiger partial charge is 0.122 e. The van der Waals surface area contributed by atoms with Gasteiger partial charge in [-0.3, -0.25) is 0 Å². The van der Waals surface area contributed by atoms with Crippen LogP contribution in [0.3, 0.4) is 0 Å². The first-order valence-electron chi connectivity index (χ1n) is 5.97. The van der Waals surface area contributed by atoms with Gasteiger partial charge in [-0.25, -0.2) is 0 Å². The zero-order valence-electron chi connectivity index (χ0n) is 10.1. The molecule has 19 heavy (non-hydrogen) atoms. The van der Waals surface area contributed by atoms with Gasteiger partial charge < -0.3 is 9.94 Å². The molecule has 0 saturated heterocycles. The van der Waals surface area contributed by atoms with Crippen molar-refractivity contribution in [1.82, 2.24) is 0 Å². The van der Waals surface area contributed by atoms with Crippen molar-refractivity contribution in [1.29, 1.82) is 0 Å². The highest BCUT2D eigenvalue weighted by Crippen LogP contribution is 2.28. The van der Waals surface area contributed by atoms with Crippen molar-refractivity contribution in [2.45, 2.75) is 19.4 Å². The fourth-order valence-corrected chi connectivity index (χ4v) is 3.22. The molecule has 0 atom stereocenters. The van der Waals surface area contributed by atoms with Gasteiger partial charge in [-0.1, -0.05) is 16.8 Å². The molecule has 1 N–H and O–H groups in total. The Bertz CT molecular complexity index is 636. The van der Waals surface area contributed by atoms with E-state index in [9.17, 15) is 0 Å². The standard InChI is InChI=1S/C14H12ClNO2S/c15-14-6-3-11(19-14)8-18-10-2-4-12-9(7-10)1-5-13(12)16-17/h2-4,6-7,17H,1,5,8H2/b16-13-. The molecule has 0 spiro atoms. The van der Waals surface area contributed by atoms with Gasteiger partial charge >= 0.3 is 0 Å². The highest BCUT2D eigenvalue weighted by Gasteiger charge is 2.18. The summed E-state index contributed by atoms with van der Waals surface area (Å²) in [6, 6.07) is 9.72. The van der Waals surface area contributed by atoms with Gasteiger partial charge in [0.2, 0.25) is 0 Å². The Morgan fingerprint density at radius 2 is 2.16 bits per heavy atom. The lowest BCUT2D eigenvalue weighted by molar-refractivity contribution is 0.309. The van der Waals surface area contributed by atoms with E-state index in [1.54, 1.807) is 0 Å². The number of rotatable bonds is 3. The van der Waals surface area contributed by atoms with Gasteiger partial charge in [-0.05, 0) is 48.7 Å². The van der Waals surface area contributed by atoms with Crippen molar-refractivity contribution in [3.63, 3.8) is 0 Å². The molecule has 0 saturated carbocycles. The third-order valence-electron chi connectivity index (χ3n) is 3.15. The fraction of sp³-hybridized carbons (Fsp3) is 0.214. The molecule has 1 aromatic carbocycles. The average molecular weight is 294 g/mol. The molecule has 0 fully saturated rings. The van der Waals surface area contributed by atoms with E-state index in [1.165, 1.54) is 16.9 Å². The third kappa shape index (κ3) is 2.60. The van der Waals surface area contributed by atoms with Gasteiger partial charge in [-0.2, -0.15) is 0 Å². The maximum Gasteiger partial charge on any atom is 0.122 e. The highest BCUT2D eigenvalue weighted by atomic mass is 35.5. The molecule has 3 rings (SSSR count). The van der Waals surface area contributed by atoms with E-state index in [2.05, 4.69) is 5.16 Å². The van der Waals surface area contributed by atoms with E-state index in [-0.39, 0.29) is 0 Å². The molecule has 0 amide bonds. The summed E-state index contributed by atoms with van der Waals surface area (Å²) in [6.07, 6.45) is 1.69. The minimum atomic E-state index is 0.525. The third-order valence-corrected chi connectivity index (χ3v) is 4.35. The molecule has 1 aromatic heterocycles. The molecule has 2 aromatic rings. The Morgan fingerprint density at radius 3 is 2.89 bits per heavy atom. The maximum atomic E-state index is 8.88. The summed E-state index contributed by atoms with van der Waals surface area (Å²) in [5, 5.41) is 12.2. The largest absolute Gasteiger partial charge is 0.488 e. The van der Waals surface area contributed by atoms with Gasteiger partial charge in [0.15, 0.2) is 0 Å². The fourth-order valence-electron chi connectivity index (χ4n) is 2.22. The van der Waals surface area contributed by atoms with E-state index in [0.29, 0.717) is 6.61 Å². The first-order valence-corrected chi connectivity index (χ1v) is 7.17. The Kier molecular flexibility index (Phi) is 3.44. The van der Waals surface area contributed by atoms with Gasteiger partial charge in [-0.15, -0.1) is 11.3 Å². The number of benzene rings is 1. The minimum Gasteiger partial charge on any atom is -0.488 e. The number of nitrogens with zero attached hydrogens (tertiary/aromatic N) is 1. The SMILES string of the molecule is O/N=C1/CCc2cc(OCc3ccc(Cl)s3)ccc21. The molecule has 1 aliphatic rings. The number of halogens is 1. The van der Waals surface area contributed by atoms with Crippen LogP contribution in [0.15, 0.2) is 35.5 Å². The summed E-state index contributed by atoms with van der Waals surface area (Å²) in [7, 11) is 0. The van der Waals surface area contributed by atoms with Crippen molar-refractivity contribution in [2.24, 2.45) is 5.16 Å². The Balaban J connectivity index is 1.73. The van der Waals surface area contributed by atoms with Crippen LogP contribution >= 0.6 is 22.9 Å². The van der Waals surface area contributed by atoms with Crippen LogP contribution in [0.2, 0.25) is 4.34 Å². The molecule has 1 aliphatic carbocycles. The second kappa shape index (κ2) is 5.23. The zero-order chi connectivity index (χ0) is 13.2. The monoisotopic (exact) mass is 293 g/mol. The number of oxime groups is 1. The van der Waals surface area contributed by atoms with Crippen LogP contribution in [0.5, 0.6) is 5.75 Å². The molecule has 5 heteroatoms. The van der Waals surface area contributed by atoms with Crippen LogP contribution < -0.4 is 4.74 Å². The van der Waals surface area contributed by atoms with Crippen LogP contribution in [0.4, 0.5) is 0 Å². The van der Waals surface area contributed by atoms with E-state index < -0.39 is 0 Å². The first kappa shape index (κ1) is 12.5. The quantitative estimate of drug-likeness (QED) is 0.683. The van der Waals surface area contributed by atoms with Gasteiger partial charge in [0.25, 0.3) is 0 Å². The summed E-state index contributed by atoms with van der Waals surface area (Å²) in [4.78, 5) is 1.10. The molecule has 0 radical (unpaired) electrons. The highest BCUT2D eigenvalue weighted by molar-refractivity contribution is 7.16. The lowest BCUT2D eigenvalue weighted by atomic mass is 10.1. The molecular formula is C14H12ClNO2S. The van der Waals surface area contributed by atoms with Crippen LogP contribution in [0, 0.1) is 0 Å². The molecule has 98 valence electrons. The van der Waals surface area contributed by atoms with Crippen molar-refractivity contribution >= 4 is 28.6 Å². The minimum absolute atomic E-state index is 0.525. The lowest BCUT2D eigenvalue weighted by Gasteiger charge is -2.06. The average Bonchev–Trinajstić information content (AvgIpc) is 3.01. The first-order chi connectivity index (χ1) is 9.26. The summed E-state index contributed by atoms with van der Waals surface area (Å²) in [5.74, 6) is 0.836. The number of ether oxygens (including phenoxy) is 1. The normalized spacial score (nSPS) is 15.7. The number of aryl methyl sites for hydroxylation is 1. The second-order valence-electron chi connectivity index (χ2n) is 4.36. The number of thiophene rings is 1. The Hall–Kier alpha value is -1.52. The van der Waals surface area contributed by atoms with Crippen LogP contribution in [0.25, 0.3) is 0 Å². The predicted molar refractivity (Wildman–Crippen MR) is 76.7 cm³/mol. The molecule has 0 unspecified atom stereocenters. The number of fused-ring (bicyclic) bond motifs is 1. The van der Waals surface area contributed by atoms with Crippen molar-refractivity contribution in [3.8, 4) is 5.75 Å². The van der Waals surface area contributed by atoms with E-state index in [4.69, 9.17) is 21.5 Å². The predicted octanol–water partition coefficient (Wildman–Crippen LogP) is 4.11. The summed E-state index contributed by atoms with van der Waals surface area (Å²) in [6.45, 7) is 0.525. The number of hydrogen-bond donors (Lipinski definition) is 1. The summed E-state index contributed by atoms with van der Waals surface area (Å²) < 4.78 is 6.52. The van der Waals surface area contributed by atoms with E-state index in [0.717, 1.165) is 39.1 Å².